The number of imidazole rings is 1. The van der Waals surface area contributed by atoms with E-state index in [2.05, 4.69) is 39.7 Å². The van der Waals surface area contributed by atoms with E-state index in [0.29, 0.717) is 12.5 Å². The predicted octanol–water partition coefficient (Wildman–Crippen LogP) is 1.75. The molecule has 0 saturated heterocycles. The molecule has 0 aliphatic carbocycles. The van der Waals surface area contributed by atoms with Crippen LogP contribution in [0.3, 0.4) is 0 Å². The van der Waals surface area contributed by atoms with Gasteiger partial charge in [0, 0.05) is 6.54 Å². The molecule has 62 valence electrons. The van der Waals surface area contributed by atoms with E-state index in [1.54, 1.807) is 0 Å². The number of nitrogens with one attached hydrogen (secondary N) is 1. The van der Waals surface area contributed by atoms with Crippen LogP contribution in [-0.2, 0) is 6.54 Å². The van der Waals surface area contributed by atoms with Gasteiger partial charge < -0.3 is 10.7 Å². The number of aromatic nitrogens is 2. The first kappa shape index (κ1) is 8.74. The fourth-order valence-corrected chi connectivity index (χ4v) is 1.45. The Hall–Kier alpha value is -0.350. The van der Waals surface area contributed by atoms with Crippen LogP contribution in [0.1, 0.15) is 31.2 Å². The second kappa shape index (κ2) is 3.36. The van der Waals surface area contributed by atoms with Gasteiger partial charge in [0.2, 0.25) is 0 Å². The average molecular weight is 218 g/mol. The fraction of sp³-hybridized carbons (Fsp3) is 0.571. The molecule has 0 aliphatic heterocycles. The molecule has 0 saturated carbocycles. The standard InChI is InChI=1S/C7H12BrN3/c1-4(2)6-5(3-9)10-7(8)11-6/h4H,3,9H2,1-2H3,(H,10,11). The number of H-pyrrole nitrogens is 1. The summed E-state index contributed by atoms with van der Waals surface area (Å²) in [6.07, 6.45) is 0. The first-order valence-electron chi connectivity index (χ1n) is 3.59. The van der Waals surface area contributed by atoms with Crippen LogP contribution >= 0.6 is 15.9 Å². The lowest BCUT2D eigenvalue weighted by Crippen LogP contribution is -2.02. The molecule has 0 spiro atoms. The minimum absolute atomic E-state index is 0.427. The molecule has 3 nitrogen and oxygen atoms in total. The number of aromatic amines is 1. The number of hydrogen-bond acceptors (Lipinski definition) is 2. The molecule has 0 atom stereocenters. The topological polar surface area (TPSA) is 54.7 Å². The number of nitrogens with zero attached hydrogens (tertiary/aromatic N) is 1. The molecule has 1 aromatic rings. The van der Waals surface area contributed by atoms with Gasteiger partial charge in [-0.2, -0.15) is 0 Å². The van der Waals surface area contributed by atoms with Gasteiger partial charge in [-0.15, -0.1) is 0 Å². The SMILES string of the molecule is CC(C)c1nc(Br)[nH]c1CN. The molecule has 0 aromatic carbocycles. The van der Waals surface area contributed by atoms with E-state index in [-0.39, 0.29) is 0 Å². The van der Waals surface area contributed by atoms with Gasteiger partial charge >= 0.3 is 0 Å². The zero-order valence-corrected chi connectivity index (χ0v) is 8.27. The highest BCUT2D eigenvalue weighted by Gasteiger charge is 2.09. The van der Waals surface area contributed by atoms with Gasteiger partial charge in [0.1, 0.15) is 0 Å². The second-order valence-electron chi connectivity index (χ2n) is 2.75. The zero-order valence-electron chi connectivity index (χ0n) is 6.69. The summed E-state index contributed by atoms with van der Waals surface area (Å²) in [4.78, 5) is 7.32. The molecule has 0 unspecified atom stereocenters. The summed E-state index contributed by atoms with van der Waals surface area (Å²) >= 11 is 3.27. The van der Waals surface area contributed by atoms with Gasteiger partial charge in [0.25, 0.3) is 0 Å². The Bertz CT molecular complexity index is 242. The first-order valence-corrected chi connectivity index (χ1v) is 4.38. The molecule has 3 N–H and O–H groups in total. The van der Waals surface area contributed by atoms with Crippen molar-refractivity contribution in [3.05, 3.63) is 16.1 Å². The fourth-order valence-electron chi connectivity index (χ4n) is 1.02. The highest BCUT2D eigenvalue weighted by Crippen LogP contribution is 2.18. The van der Waals surface area contributed by atoms with Gasteiger partial charge in [0.15, 0.2) is 4.73 Å². The Morgan fingerprint density at radius 3 is 2.64 bits per heavy atom. The lowest BCUT2D eigenvalue weighted by molar-refractivity contribution is 0.805. The van der Waals surface area contributed by atoms with E-state index in [0.717, 1.165) is 16.1 Å². The van der Waals surface area contributed by atoms with Crippen LogP contribution < -0.4 is 5.73 Å². The summed E-state index contributed by atoms with van der Waals surface area (Å²) in [5.41, 5.74) is 7.58. The van der Waals surface area contributed by atoms with Crippen LogP contribution in [0.4, 0.5) is 0 Å². The molecular weight excluding hydrogens is 206 g/mol. The summed E-state index contributed by atoms with van der Waals surface area (Å²) < 4.78 is 0.765. The van der Waals surface area contributed by atoms with Crippen LogP contribution in [0.25, 0.3) is 0 Å². The van der Waals surface area contributed by atoms with Crippen LogP contribution in [-0.4, -0.2) is 9.97 Å². The van der Waals surface area contributed by atoms with Gasteiger partial charge in [-0.05, 0) is 21.8 Å². The predicted molar refractivity (Wildman–Crippen MR) is 48.3 cm³/mol. The van der Waals surface area contributed by atoms with Crippen molar-refractivity contribution in [1.82, 2.24) is 9.97 Å². The van der Waals surface area contributed by atoms with E-state index >= 15 is 0 Å². The molecule has 4 heteroatoms. The maximum atomic E-state index is 5.51. The van der Waals surface area contributed by atoms with Crippen molar-refractivity contribution in [3.63, 3.8) is 0 Å². The second-order valence-corrected chi connectivity index (χ2v) is 3.50. The number of rotatable bonds is 2. The molecule has 1 heterocycles. The first-order chi connectivity index (χ1) is 5.15. The van der Waals surface area contributed by atoms with Gasteiger partial charge in [-0.25, -0.2) is 4.98 Å². The quantitative estimate of drug-likeness (QED) is 0.794. The van der Waals surface area contributed by atoms with E-state index in [4.69, 9.17) is 5.73 Å². The summed E-state index contributed by atoms with van der Waals surface area (Å²) in [5, 5.41) is 0. The lowest BCUT2D eigenvalue weighted by Gasteiger charge is -2.01. The van der Waals surface area contributed by atoms with Crippen molar-refractivity contribution < 1.29 is 0 Å². The Morgan fingerprint density at radius 2 is 2.27 bits per heavy atom. The molecule has 0 amide bonds. The van der Waals surface area contributed by atoms with Gasteiger partial charge in [-0.1, -0.05) is 13.8 Å². The molecule has 11 heavy (non-hydrogen) atoms. The smallest absolute Gasteiger partial charge is 0.174 e. The summed E-state index contributed by atoms with van der Waals surface area (Å²) in [7, 11) is 0. The molecule has 0 aliphatic rings. The molecule has 0 bridgehead atoms. The minimum Gasteiger partial charge on any atom is -0.335 e. The summed E-state index contributed by atoms with van der Waals surface area (Å²) in [5.74, 6) is 0.427. The Balaban J connectivity index is 3.02. The van der Waals surface area contributed by atoms with Crippen LogP contribution in [0.5, 0.6) is 0 Å². The van der Waals surface area contributed by atoms with Crippen molar-refractivity contribution in [2.45, 2.75) is 26.3 Å². The molecule has 0 radical (unpaired) electrons. The summed E-state index contributed by atoms with van der Waals surface area (Å²) in [6.45, 7) is 4.72. The maximum Gasteiger partial charge on any atom is 0.174 e. The van der Waals surface area contributed by atoms with E-state index in [1.807, 2.05) is 0 Å². The van der Waals surface area contributed by atoms with E-state index in [9.17, 15) is 0 Å². The van der Waals surface area contributed by atoms with E-state index < -0.39 is 0 Å². The maximum absolute atomic E-state index is 5.51. The Morgan fingerprint density at radius 1 is 1.64 bits per heavy atom. The van der Waals surface area contributed by atoms with Gasteiger partial charge in [-0.3, -0.25) is 0 Å². The number of nitrogens with two attached hydrogens (primary N) is 1. The van der Waals surface area contributed by atoms with Crippen LogP contribution in [0.15, 0.2) is 4.73 Å². The van der Waals surface area contributed by atoms with Crippen LogP contribution in [0.2, 0.25) is 0 Å². The molecule has 1 rings (SSSR count). The van der Waals surface area contributed by atoms with Crippen LogP contribution in [0, 0.1) is 0 Å². The normalized spacial score (nSPS) is 11.0. The highest BCUT2D eigenvalue weighted by molar-refractivity contribution is 9.10. The third-order valence-corrected chi connectivity index (χ3v) is 1.91. The largest absolute Gasteiger partial charge is 0.335 e. The van der Waals surface area contributed by atoms with Crippen molar-refractivity contribution in [3.8, 4) is 0 Å². The molecular formula is C7H12BrN3. The molecule has 1 aromatic heterocycles. The van der Waals surface area contributed by atoms with E-state index in [1.165, 1.54) is 0 Å². The third kappa shape index (κ3) is 1.81. The monoisotopic (exact) mass is 217 g/mol. The zero-order chi connectivity index (χ0) is 8.43. The van der Waals surface area contributed by atoms with Crippen molar-refractivity contribution in [1.29, 1.82) is 0 Å². The Labute approximate surface area is 74.5 Å². The Kier molecular flexibility index (Phi) is 2.67. The average Bonchev–Trinajstić information content (AvgIpc) is 2.30. The lowest BCUT2D eigenvalue weighted by atomic mass is 10.1. The van der Waals surface area contributed by atoms with Crippen molar-refractivity contribution in [2.24, 2.45) is 5.73 Å². The number of hydrogen-bond donors (Lipinski definition) is 2. The third-order valence-electron chi connectivity index (χ3n) is 1.53. The van der Waals surface area contributed by atoms with Crippen molar-refractivity contribution in [2.75, 3.05) is 0 Å². The minimum atomic E-state index is 0.427. The highest BCUT2D eigenvalue weighted by atomic mass is 79.9. The van der Waals surface area contributed by atoms with Gasteiger partial charge in [0.05, 0.1) is 11.4 Å². The number of halogens is 1. The molecule has 0 fully saturated rings. The van der Waals surface area contributed by atoms with Crippen molar-refractivity contribution >= 4 is 15.9 Å². The summed E-state index contributed by atoms with van der Waals surface area (Å²) in [6, 6.07) is 0.